The van der Waals surface area contributed by atoms with E-state index in [1.54, 1.807) is 60.7 Å². The molecule has 4 aromatic rings. The number of rotatable bonds is 4. The van der Waals surface area contributed by atoms with Crippen LogP contribution in [0.4, 0.5) is 11.4 Å². The maximum absolute atomic E-state index is 13.0. The number of nitrogens with zero attached hydrogens (tertiary/aromatic N) is 1. The van der Waals surface area contributed by atoms with Crippen LogP contribution in [-0.4, -0.2) is 11.0 Å². The van der Waals surface area contributed by atoms with Gasteiger partial charge < -0.3 is 14.8 Å². The molecule has 0 spiro atoms. The van der Waals surface area contributed by atoms with Crippen molar-refractivity contribution in [3.05, 3.63) is 94.0 Å². The number of carbonyl (C=O) groups is 1. The van der Waals surface area contributed by atoms with Gasteiger partial charge in [0, 0.05) is 16.5 Å². The van der Waals surface area contributed by atoms with Gasteiger partial charge in [-0.1, -0.05) is 35.3 Å². The quantitative estimate of drug-likeness (QED) is 0.359. The molecule has 1 heterocycles. The Bertz CT molecular complexity index is 1300. The average molecular weight is 440 g/mol. The first-order chi connectivity index (χ1) is 14.5. The monoisotopic (exact) mass is 439 g/mol. The smallest absolute Gasteiger partial charge is 0.261 e. The Kier molecular flexibility index (Phi) is 5.61. The lowest BCUT2D eigenvalue weighted by atomic mass is 10.1. The molecule has 0 atom stereocenters. The second kappa shape index (κ2) is 8.49. The van der Waals surface area contributed by atoms with Crippen LogP contribution in [0.1, 0.15) is 10.4 Å². The van der Waals surface area contributed by atoms with Crippen molar-refractivity contribution in [2.75, 3.05) is 10.7 Å². The Hall–Kier alpha value is -3.48. The molecule has 0 fully saturated rings. The number of aromatic hydroxyl groups is 1. The summed E-state index contributed by atoms with van der Waals surface area (Å²) in [6, 6.07) is 20.0. The van der Waals surface area contributed by atoms with Crippen LogP contribution < -0.4 is 16.3 Å². The van der Waals surface area contributed by atoms with Gasteiger partial charge in [-0.3, -0.25) is 10.2 Å². The fourth-order valence-electron chi connectivity index (χ4n) is 2.74. The predicted molar refractivity (Wildman–Crippen MR) is 118 cm³/mol. The molecule has 0 saturated carbocycles. The van der Waals surface area contributed by atoms with E-state index in [1.807, 2.05) is 0 Å². The third-order valence-corrected chi connectivity index (χ3v) is 4.81. The third-order valence-electron chi connectivity index (χ3n) is 4.23. The van der Waals surface area contributed by atoms with E-state index in [4.69, 9.17) is 27.6 Å². The summed E-state index contributed by atoms with van der Waals surface area (Å²) in [4.78, 5) is 13.0. The molecule has 0 aliphatic heterocycles. The van der Waals surface area contributed by atoms with E-state index >= 15 is 0 Å². The van der Waals surface area contributed by atoms with E-state index in [9.17, 15) is 9.90 Å². The highest BCUT2D eigenvalue weighted by Crippen LogP contribution is 2.23. The summed E-state index contributed by atoms with van der Waals surface area (Å²) in [5.74, 6) is -0.408. The van der Waals surface area contributed by atoms with Crippen molar-refractivity contribution in [3.8, 4) is 5.75 Å². The van der Waals surface area contributed by atoms with Gasteiger partial charge in [0.15, 0.2) is 0 Å². The number of para-hydroxylation sites is 1. The number of phenols is 1. The van der Waals surface area contributed by atoms with Gasteiger partial charge in [0.05, 0.1) is 16.4 Å². The van der Waals surface area contributed by atoms with Crippen LogP contribution in [0.15, 0.2) is 82.3 Å². The third kappa shape index (κ3) is 4.40. The maximum atomic E-state index is 13.0. The van der Waals surface area contributed by atoms with Crippen molar-refractivity contribution in [2.24, 2.45) is 5.10 Å². The first-order valence-electron chi connectivity index (χ1n) is 8.88. The van der Waals surface area contributed by atoms with Gasteiger partial charge in [-0.05, 0) is 54.6 Å². The molecule has 6 nitrogen and oxygen atoms in total. The number of phenolic OH excluding ortho intramolecular Hbond substituents is 1. The summed E-state index contributed by atoms with van der Waals surface area (Å²) in [5.41, 5.74) is 4.56. The van der Waals surface area contributed by atoms with Crippen LogP contribution in [0.25, 0.3) is 11.0 Å². The molecule has 3 N–H and O–H groups in total. The molecule has 0 aliphatic rings. The summed E-state index contributed by atoms with van der Waals surface area (Å²) >= 11 is 12.1. The fourth-order valence-corrected chi connectivity index (χ4v) is 3.05. The minimum absolute atomic E-state index is 0.0348. The number of halogens is 2. The molecule has 3 aromatic carbocycles. The zero-order valence-corrected chi connectivity index (χ0v) is 16.9. The van der Waals surface area contributed by atoms with Crippen LogP contribution in [0.2, 0.25) is 10.0 Å². The number of hydrogen-bond donors (Lipinski definition) is 3. The number of amides is 1. The summed E-state index contributed by atoms with van der Waals surface area (Å²) in [5, 5.41) is 18.4. The average Bonchev–Trinajstić information content (AvgIpc) is 2.74. The lowest BCUT2D eigenvalue weighted by molar-refractivity contribution is 0.102. The van der Waals surface area contributed by atoms with Crippen molar-refractivity contribution in [1.29, 1.82) is 0 Å². The molecule has 0 saturated heterocycles. The fraction of sp³-hybridized carbons (Fsp3) is 0. The molecule has 0 bridgehead atoms. The van der Waals surface area contributed by atoms with Gasteiger partial charge in [0.1, 0.15) is 16.9 Å². The maximum Gasteiger partial charge on any atom is 0.261 e. The van der Waals surface area contributed by atoms with Crippen molar-refractivity contribution >= 4 is 51.5 Å². The van der Waals surface area contributed by atoms with Crippen molar-refractivity contribution in [1.82, 2.24) is 0 Å². The van der Waals surface area contributed by atoms with Gasteiger partial charge in [-0.2, -0.15) is 0 Å². The van der Waals surface area contributed by atoms with Crippen LogP contribution in [0.5, 0.6) is 5.75 Å². The highest BCUT2D eigenvalue weighted by Gasteiger charge is 2.14. The van der Waals surface area contributed by atoms with Gasteiger partial charge >= 0.3 is 0 Å². The molecule has 4 rings (SSSR count). The Balaban J connectivity index is 1.77. The Morgan fingerprint density at radius 1 is 0.967 bits per heavy atom. The van der Waals surface area contributed by atoms with E-state index in [2.05, 4.69) is 15.8 Å². The number of nitrogens with one attached hydrogen (secondary N) is 2. The SMILES string of the molecule is O=C(Nc1ccccc1Cl)c1cc2ccc(O)cc2o/c1=N\Nc1ccc(Cl)cc1. The summed E-state index contributed by atoms with van der Waals surface area (Å²) in [7, 11) is 0. The van der Waals surface area contributed by atoms with E-state index in [0.717, 1.165) is 0 Å². The van der Waals surface area contributed by atoms with Gasteiger partial charge in [-0.25, -0.2) is 0 Å². The molecule has 0 unspecified atom stereocenters. The molecule has 1 aromatic heterocycles. The minimum atomic E-state index is -0.446. The van der Waals surface area contributed by atoms with Crippen LogP contribution in [-0.2, 0) is 0 Å². The topological polar surface area (TPSA) is 86.9 Å². The predicted octanol–water partition coefficient (Wildman–Crippen LogP) is 5.63. The Morgan fingerprint density at radius 2 is 1.73 bits per heavy atom. The number of fused-ring (bicyclic) bond motifs is 1. The van der Waals surface area contributed by atoms with Gasteiger partial charge in [-0.15, -0.1) is 5.10 Å². The molecular weight excluding hydrogens is 425 g/mol. The van der Waals surface area contributed by atoms with Crippen molar-refractivity contribution in [3.63, 3.8) is 0 Å². The molecule has 0 aliphatic carbocycles. The van der Waals surface area contributed by atoms with E-state index in [-0.39, 0.29) is 16.9 Å². The molecule has 8 heteroatoms. The standard InChI is InChI=1S/C22H15Cl2N3O3/c23-14-6-8-15(9-7-14)26-27-22-17(11-13-5-10-16(28)12-20(13)30-22)21(29)25-19-4-2-1-3-18(19)24/h1-12,26,28H,(H,25,29)/b27-22-. The van der Waals surface area contributed by atoms with E-state index < -0.39 is 5.91 Å². The van der Waals surface area contributed by atoms with Crippen LogP contribution in [0.3, 0.4) is 0 Å². The molecule has 1 amide bonds. The van der Waals surface area contributed by atoms with Gasteiger partial charge in [0.2, 0.25) is 5.55 Å². The molecule has 150 valence electrons. The largest absolute Gasteiger partial charge is 0.508 e. The highest BCUT2D eigenvalue weighted by atomic mass is 35.5. The van der Waals surface area contributed by atoms with E-state index in [0.29, 0.717) is 32.4 Å². The number of hydrogen-bond acceptors (Lipinski definition) is 5. The molecule has 0 radical (unpaired) electrons. The van der Waals surface area contributed by atoms with E-state index in [1.165, 1.54) is 12.1 Å². The number of benzene rings is 3. The Morgan fingerprint density at radius 3 is 2.50 bits per heavy atom. The lowest BCUT2D eigenvalue weighted by Crippen LogP contribution is -2.22. The first-order valence-corrected chi connectivity index (χ1v) is 9.63. The number of carbonyl (C=O) groups excluding carboxylic acids is 1. The van der Waals surface area contributed by atoms with Crippen molar-refractivity contribution < 1.29 is 14.3 Å². The zero-order chi connectivity index (χ0) is 21.1. The summed E-state index contributed by atoms with van der Waals surface area (Å²) in [6.45, 7) is 0. The highest BCUT2D eigenvalue weighted by molar-refractivity contribution is 6.34. The summed E-state index contributed by atoms with van der Waals surface area (Å²) < 4.78 is 5.80. The number of anilines is 2. The lowest BCUT2D eigenvalue weighted by Gasteiger charge is -2.08. The Labute approximate surface area is 181 Å². The molecular formula is C22H15Cl2N3O3. The second-order valence-corrected chi connectivity index (χ2v) is 7.20. The van der Waals surface area contributed by atoms with Crippen LogP contribution in [0, 0.1) is 0 Å². The van der Waals surface area contributed by atoms with Crippen molar-refractivity contribution in [2.45, 2.75) is 0 Å². The normalized spacial score (nSPS) is 11.5. The zero-order valence-electron chi connectivity index (χ0n) is 15.4. The molecule has 30 heavy (non-hydrogen) atoms. The van der Waals surface area contributed by atoms with Crippen LogP contribution >= 0.6 is 23.2 Å². The minimum Gasteiger partial charge on any atom is -0.508 e. The summed E-state index contributed by atoms with van der Waals surface area (Å²) in [6.07, 6.45) is 0. The van der Waals surface area contributed by atoms with Gasteiger partial charge in [0.25, 0.3) is 5.91 Å². The second-order valence-electron chi connectivity index (χ2n) is 6.35. The first kappa shape index (κ1) is 19.8.